The van der Waals surface area contributed by atoms with E-state index in [0.717, 1.165) is 22.6 Å². The van der Waals surface area contributed by atoms with E-state index in [9.17, 15) is 4.79 Å². The predicted molar refractivity (Wildman–Crippen MR) is 128 cm³/mol. The van der Waals surface area contributed by atoms with Gasteiger partial charge in [0.15, 0.2) is 11.5 Å². The van der Waals surface area contributed by atoms with Gasteiger partial charge in [-0.3, -0.25) is 4.79 Å². The lowest BCUT2D eigenvalue weighted by Crippen LogP contribution is -2.43. The molecule has 6 heteroatoms. The number of benzene rings is 3. The Bertz CT molecular complexity index is 1250. The fraction of sp³-hybridized carbons (Fsp3) is 0.222. The van der Waals surface area contributed by atoms with Gasteiger partial charge >= 0.3 is 0 Å². The van der Waals surface area contributed by atoms with Crippen molar-refractivity contribution in [2.75, 3.05) is 13.3 Å². The predicted octanol–water partition coefficient (Wildman–Crippen LogP) is 4.32. The smallest absolute Gasteiger partial charge is 0.237 e. The standard InChI is InChI=1S/C27H27N3O3/c1-18(27(31)30-14-19-11-12-25-26(13-19)33-17-32-25)28-15-22(20-7-3-2-4-8-20)23-16-29-24-10-6-5-9-21(23)24/h2-13,16,18,22,28-29H,14-15,17H2,1H3,(H,30,31). The van der Waals surface area contributed by atoms with Crippen LogP contribution in [-0.2, 0) is 11.3 Å². The van der Waals surface area contributed by atoms with Crippen molar-refractivity contribution in [2.45, 2.75) is 25.4 Å². The lowest BCUT2D eigenvalue weighted by Gasteiger charge is -2.21. The third-order valence-electron chi connectivity index (χ3n) is 6.12. The average Bonchev–Trinajstić information content (AvgIpc) is 3.50. The van der Waals surface area contributed by atoms with Crippen molar-refractivity contribution in [3.05, 3.63) is 95.7 Å². The van der Waals surface area contributed by atoms with Crippen LogP contribution in [-0.4, -0.2) is 30.3 Å². The summed E-state index contributed by atoms with van der Waals surface area (Å²) in [6.07, 6.45) is 2.08. The molecule has 0 radical (unpaired) electrons. The Morgan fingerprint density at radius 1 is 1.00 bits per heavy atom. The number of hydrogen-bond acceptors (Lipinski definition) is 4. The number of aromatic nitrogens is 1. The summed E-state index contributed by atoms with van der Waals surface area (Å²) in [7, 11) is 0. The van der Waals surface area contributed by atoms with Gasteiger partial charge in [0.2, 0.25) is 12.7 Å². The van der Waals surface area contributed by atoms with E-state index < -0.39 is 0 Å². The van der Waals surface area contributed by atoms with Gasteiger partial charge in [0.25, 0.3) is 0 Å². The Kier molecular flexibility index (Phi) is 6.00. The molecule has 3 N–H and O–H groups in total. The second kappa shape index (κ2) is 9.38. The molecule has 4 aromatic rings. The molecule has 1 amide bonds. The number of fused-ring (bicyclic) bond motifs is 2. The normalized spacial score (nSPS) is 14.2. The maximum Gasteiger partial charge on any atom is 0.237 e. The third kappa shape index (κ3) is 4.56. The molecule has 0 fully saturated rings. The summed E-state index contributed by atoms with van der Waals surface area (Å²) < 4.78 is 10.8. The van der Waals surface area contributed by atoms with Crippen molar-refractivity contribution in [1.82, 2.24) is 15.6 Å². The number of ether oxygens (including phenoxy) is 2. The maximum atomic E-state index is 12.8. The summed E-state index contributed by atoms with van der Waals surface area (Å²) in [5.74, 6) is 1.53. The molecule has 168 valence electrons. The summed E-state index contributed by atoms with van der Waals surface area (Å²) in [6.45, 7) is 3.22. The molecule has 2 unspecified atom stereocenters. The van der Waals surface area contributed by atoms with Crippen molar-refractivity contribution < 1.29 is 14.3 Å². The van der Waals surface area contributed by atoms with Gasteiger partial charge in [0, 0.05) is 36.1 Å². The Morgan fingerprint density at radius 3 is 2.67 bits per heavy atom. The number of rotatable bonds is 8. The van der Waals surface area contributed by atoms with Crippen LogP contribution in [0.2, 0.25) is 0 Å². The van der Waals surface area contributed by atoms with Crippen molar-refractivity contribution in [2.24, 2.45) is 0 Å². The minimum absolute atomic E-state index is 0.0431. The zero-order chi connectivity index (χ0) is 22.6. The molecule has 0 saturated heterocycles. The van der Waals surface area contributed by atoms with Crippen LogP contribution in [0, 0.1) is 0 Å². The summed E-state index contributed by atoms with van der Waals surface area (Å²) in [5, 5.41) is 7.66. The average molecular weight is 442 g/mol. The summed E-state index contributed by atoms with van der Waals surface area (Å²) >= 11 is 0. The maximum absolute atomic E-state index is 12.8. The minimum Gasteiger partial charge on any atom is -0.454 e. The fourth-order valence-corrected chi connectivity index (χ4v) is 4.26. The van der Waals surface area contributed by atoms with E-state index in [-0.39, 0.29) is 24.7 Å². The van der Waals surface area contributed by atoms with Crippen molar-refractivity contribution >= 4 is 16.8 Å². The van der Waals surface area contributed by atoms with Crippen LogP contribution in [0.1, 0.15) is 29.5 Å². The molecule has 0 saturated carbocycles. The molecule has 33 heavy (non-hydrogen) atoms. The van der Waals surface area contributed by atoms with Crippen LogP contribution < -0.4 is 20.1 Å². The summed E-state index contributed by atoms with van der Waals surface area (Å²) in [5.41, 5.74) is 4.52. The van der Waals surface area contributed by atoms with E-state index in [1.54, 1.807) is 0 Å². The number of para-hydroxylation sites is 1. The Balaban J connectivity index is 1.25. The topological polar surface area (TPSA) is 75.4 Å². The molecule has 1 aliphatic heterocycles. The molecule has 5 rings (SSSR count). The van der Waals surface area contributed by atoms with Crippen molar-refractivity contribution in [3.63, 3.8) is 0 Å². The van der Waals surface area contributed by atoms with Gasteiger partial charge in [0.05, 0.1) is 6.04 Å². The van der Waals surface area contributed by atoms with Gasteiger partial charge < -0.3 is 25.1 Å². The van der Waals surface area contributed by atoms with Gasteiger partial charge in [-0.2, -0.15) is 0 Å². The van der Waals surface area contributed by atoms with Gasteiger partial charge in [-0.15, -0.1) is 0 Å². The fourth-order valence-electron chi connectivity index (χ4n) is 4.26. The largest absolute Gasteiger partial charge is 0.454 e. The highest BCUT2D eigenvalue weighted by Crippen LogP contribution is 2.32. The molecular formula is C27H27N3O3. The number of hydrogen-bond donors (Lipinski definition) is 3. The van der Waals surface area contributed by atoms with E-state index in [0.29, 0.717) is 13.1 Å². The quantitative estimate of drug-likeness (QED) is 0.381. The van der Waals surface area contributed by atoms with Crippen LogP contribution in [0.3, 0.4) is 0 Å². The molecule has 0 spiro atoms. The molecule has 0 bridgehead atoms. The summed E-state index contributed by atoms with van der Waals surface area (Å²) in [6, 6.07) is 24.1. The molecular weight excluding hydrogens is 414 g/mol. The number of aromatic amines is 1. The highest BCUT2D eigenvalue weighted by molar-refractivity contribution is 5.84. The molecule has 1 aromatic heterocycles. The SMILES string of the molecule is CC(NCC(c1ccccc1)c1c[nH]c2ccccc12)C(=O)NCc1ccc2c(c1)OCO2. The van der Waals surface area contributed by atoms with Crippen LogP contribution in [0.4, 0.5) is 0 Å². The van der Waals surface area contributed by atoms with E-state index in [4.69, 9.17) is 9.47 Å². The number of nitrogens with one attached hydrogen (secondary N) is 3. The molecule has 1 aliphatic rings. The Hall–Kier alpha value is -3.77. The summed E-state index contributed by atoms with van der Waals surface area (Å²) in [4.78, 5) is 16.1. The van der Waals surface area contributed by atoms with Gasteiger partial charge in [-0.25, -0.2) is 0 Å². The van der Waals surface area contributed by atoms with E-state index >= 15 is 0 Å². The monoisotopic (exact) mass is 441 g/mol. The first kappa shape index (κ1) is 21.1. The third-order valence-corrected chi connectivity index (χ3v) is 6.12. The number of H-pyrrole nitrogens is 1. The second-order valence-corrected chi connectivity index (χ2v) is 8.29. The zero-order valence-corrected chi connectivity index (χ0v) is 18.5. The first-order valence-electron chi connectivity index (χ1n) is 11.2. The Morgan fingerprint density at radius 2 is 1.79 bits per heavy atom. The minimum atomic E-state index is -0.338. The lowest BCUT2D eigenvalue weighted by atomic mass is 9.90. The number of carbonyl (C=O) groups excluding carboxylic acids is 1. The van der Waals surface area contributed by atoms with Gasteiger partial charge in [0.1, 0.15) is 0 Å². The molecule has 0 aliphatic carbocycles. The molecule has 3 aromatic carbocycles. The van der Waals surface area contributed by atoms with E-state index in [2.05, 4.69) is 64.3 Å². The van der Waals surface area contributed by atoms with Crippen molar-refractivity contribution in [3.8, 4) is 11.5 Å². The van der Waals surface area contributed by atoms with E-state index in [1.807, 2.05) is 37.3 Å². The number of amides is 1. The first-order chi connectivity index (χ1) is 16.2. The first-order valence-corrected chi connectivity index (χ1v) is 11.2. The van der Waals surface area contributed by atoms with Gasteiger partial charge in [-0.1, -0.05) is 54.6 Å². The number of carbonyl (C=O) groups is 1. The lowest BCUT2D eigenvalue weighted by molar-refractivity contribution is -0.122. The van der Waals surface area contributed by atoms with Crippen LogP contribution in [0.25, 0.3) is 10.9 Å². The molecule has 6 nitrogen and oxygen atoms in total. The van der Waals surface area contributed by atoms with Crippen LogP contribution in [0.15, 0.2) is 79.0 Å². The van der Waals surface area contributed by atoms with Crippen LogP contribution in [0.5, 0.6) is 11.5 Å². The Labute approximate surface area is 192 Å². The second-order valence-electron chi connectivity index (χ2n) is 8.29. The molecule has 2 heterocycles. The molecule has 2 atom stereocenters. The highest BCUT2D eigenvalue weighted by Gasteiger charge is 2.21. The highest BCUT2D eigenvalue weighted by atomic mass is 16.7. The van der Waals surface area contributed by atoms with Crippen molar-refractivity contribution in [1.29, 1.82) is 0 Å². The van der Waals surface area contributed by atoms with E-state index in [1.165, 1.54) is 16.5 Å². The zero-order valence-electron chi connectivity index (χ0n) is 18.5. The van der Waals surface area contributed by atoms with Gasteiger partial charge in [-0.05, 0) is 41.8 Å². The van der Waals surface area contributed by atoms with Crippen LogP contribution >= 0.6 is 0 Å².